The Kier molecular flexibility index (Phi) is 7.27. The summed E-state index contributed by atoms with van der Waals surface area (Å²) in [5.41, 5.74) is 7.97. The van der Waals surface area contributed by atoms with Gasteiger partial charge in [-0.15, -0.1) is 11.8 Å². The van der Waals surface area contributed by atoms with Crippen LogP contribution in [-0.4, -0.2) is 17.5 Å². The Morgan fingerprint density at radius 1 is 1.00 bits per heavy atom. The maximum absolute atomic E-state index is 11.1. The number of carbonyl (C=O) groups is 1. The fourth-order valence-corrected chi connectivity index (χ4v) is 3.41. The lowest BCUT2D eigenvalue weighted by atomic mass is 10.2. The highest BCUT2D eigenvalue weighted by Gasteiger charge is 2.07. The van der Waals surface area contributed by atoms with E-state index >= 15 is 0 Å². The molecule has 2 N–H and O–H groups in total. The van der Waals surface area contributed by atoms with E-state index in [0.29, 0.717) is 18.1 Å². The Labute approximate surface area is 169 Å². The van der Waals surface area contributed by atoms with Gasteiger partial charge in [0.15, 0.2) is 0 Å². The molecule has 1 aromatic heterocycles. The topological polar surface area (TPSA) is 65.2 Å². The van der Waals surface area contributed by atoms with Crippen molar-refractivity contribution in [1.29, 1.82) is 0 Å². The first kappa shape index (κ1) is 19.7. The number of thioether (sulfide) groups is 1. The van der Waals surface area contributed by atoms with Crippen LogP contribution in [0.2, 0.25) is 0 Å². The van der Waals surface area contributed by atoms with Gasteiger partial charge in [0.1, 0.15) is 11.4 Å². The standard InChI is InChI=1S/C23H22N2O2S/c24-23(26)14-12-21-22(27-16-15-18-7-3-1-4-8-18)13-11-19(25-21)17-28-20-9-5-2-6-10-20/h1-14H,15-17H2,(H2,24,26). The molecule has 1 amide bonds. The van der Waals surface area contributed by atoms with Gasteiger partial charge in [-0.3, -0.25) is 4.79 Å². The van der Waals surface area contributed by atoms with Crippen LogP contribution >= 0.6 is 11.8 Å². The van der Waals surface area contributed by atoms with E-state index in [9.17, 15) is 4.79 Å². The number of benzene rings is 2. The van der Waals surface area contributed by atoms with Crippen molar-refractivity contribution >= 4 is 23.7 Å². The third-order valence-corrected chi connectivity index (χ3v) is 5.02. The second-order valence-corrected chi connectivity index (χ2v) is 7.16. The van der Waals surface area contributed by atoms with Crippen LogP contribution in [0.3, 0.4) is 0 Å². The van der Waals surface area contributed by atoms with Crippen LogP contribution in [0.15, 0.2) is 83.8 Å². The Bertz CT molecular complexity index is 928. The van der Waals surface area contributed by atoms with Gasteiger partial charge >= 0.3 is 0 Å². The number of primary amides is 1. The summed E-state index contributed by atoms with van der Waals surface area (Å²) in [6.45, 7) is 0.529. The van der Waals surface area contributed by atoms with Gasteiger partial charge in [-0.1, -0.05) is 48.5 Å². The van der Waals surface area contributed by atoms with Crippen LogP contribution in [0.1, 0.15) is 17.0 Å². The normalized spacial score (nSPS) is 10.9. The molecular formula is C23H22N2O2S. The van der Waals surface area contributed by atoms with E-state index in [1.807, 2.05) is 48.5 Å². The zero-order chi connectivity index (χ0) is 19.6. The van der Waals surface area contributed by atoms with Crippen molar-refractivity contribution in [2.75, 3.05) is 6.61 Å². The number of nitrogens with two attached hydrogens (primary N) is 1. The lowest BCUT2D eigenvalue weighted by Crippen LogP contribution is -2.06. The van der Waals surface area contributed by atoms with E-state index in [-0.39, 0.29) is 0 Å². The molecule has 0 saturated heterocycles. The SMILES string of the molecule is NC(=O)C=Cc1nc(CSc2ccccc2)ccc1OCCc1ccccc1. The van der Waals surface area contributed by atoms with Gasteiger partial charge in [-0.05, 0) is 35.9 Å². The van der Waals surface area contributed by atoms with Crippen molar-refractivity contribution < 1.29 is 9.53 Å². The molecule has 0 bridgehead atoms. The minimum atomic E-state index is -0.513. The molecule has 4 nitrogen and oxygen atoms in total. The summed E-state index contributed by atoms with van der Waals surface area (Å²) >= 11 is 1.71. The summed E-state index contributed by atoms with van der Waals surface area (Å²) < 4.78 is 5.92. The largest absolute Gasteiger partial charge is 0.491 e. The molecule has 0 fully saturated rings. The summed E-state index contributed by atoms with van der Waals surface area (Å²) in [6.07, 6.45) is 3.71. The molecular weight excluding hydrogens is 368 g/mol. The van der Waals surface area contributed by atoms with E-state index in [0.717, 1.165) is 17.9 Å². The molecule has 1 heterocycles. The molecule has 0 atom stereocenters. The van der Waals surface area contributed by atoms with Gasteiger partial charge in [0.2, 0.25) is 5.91 Å². The second kappa shape index (κ2) is 10.3. The zero-order valence-corrected chi connectivity index (χ0v) is 16.3. The minimum absolute atomic E-state index is 0.513. The number of rotatable bonds is 9. The molecule has 0 unspecified atom stereocenters. The van der Waals surface area contributed by atoms with Crippen LogP contribution in [0.5, 0.6) is 5.75 Å². The molecule has 2 aromatic carbocycles. The van der Waals surface area contributed by atoms with Crippen molar-refractivity contribution in [3.8, 4) is 5.75 Å². The molecule has 0 aliphatic heterocycles. The maximum atomic E-state index is 11.1. The average Bonchev–Trinajstić information content (AvgIpc) is 2.73. The lowest BCUT2D eigenvalue weighted by Gasteiger charge is -2.11. The predicted octanol–water partition coefficient (Wildman–Crippen LogP) is 4.49. The minimum Gasteiger partial charge on any atom is -0.491 e. The number of carbonyl (C=O) groups excluding carboxylic acids is 1. The fourth-order valence-electron chi connectivity index (χ4n) is 2.58. The maximum Gasteiger partial charge on any atom is 0.241 e. The summed E-state index contributed by atoms with van der Waals surface area (Å²) in [4.78, 5) is 17.0. The van der Waals surface area contributed by atoms with Gasteiger partial charge in [0, 0.05) is 23.1 Å². The van der Waals surface area contributed by atoms with Crippen LogP contribution in [0, 0.1) is 0 Å². The third kappa shape index (κ3) is 6.28. The van der Waals surface area contributed by atoms with E-state index in [2.05, 4.69) is 29.2 Å². The number of hydrogen-bond donors (Lipinski definition) is 1. The van der Waals surface area contributed by atoms with E-state index < -0.39 is 5.91 Å². The summed E-state index contributed by atoms with van der Waals surface area (Å²) in [6, 6.07) is 24.2. The van der Waals surface area contributed by atoms with E-state index in [1.165, 1.54) is 16.5 Å². The number of pyridine rings is 1. The zero-order valence-electron chi connectivity index (χ0n) is 15.5. The number of ether oxygens (including phenoxy) is 1. The first-order valence-corrected chi connectivity index (χ1v) is 10.0. The molecule has 3 rings (SSSR count). The van der Waals surface area contributed by atoms with Crippen LogP contribution in [0.4, 0.5) is 0 Å². The summed E-state index contributed by atoms with van der Waals surface area (Å²) in [7, 11) is 0. The number of hydrogen-bond acceptors (Lipinski definition) is 4. The van der Waals surface area contributed by atoms with Crippen LogP contribution in [-0.2, 0) is 17.0 Å². The molecule has 0 aliphatic carbocycles. The van der Waals surface area contributed by atoms with Crippen LogP contribution in [0.25, 0.3) is 6.08 Å². The number of amides is 1. The molecule has 0 radical (unpaired) electrons. The molecule has 0 aliphatic rings. The van der Waals surface area contributed by atoms with Gasteiger partial charge in [0.05, 0.1) is 12.3 Å². The first-order valence-electron chi connectivity index (χ1n) is 9.03. The highest BCUT2D eigenvalue weighted by molar-refractivity contribution is 7.98. The molecule has 142 valence electrons. The highest BCUT2D eigenvalue weighted by Crippen LogP contribution is 2.25. The predicted molar refractivity (Wildman–Crippen MR) is 114 cm³/mol. The summed E-state index contributed by atoms with van der Waals surface area (Å²) in [5.74, 6) is 0.856. The first-order chi connectivity index (χ1) is 13.7. The molecule has 28 heavy (non-hydrogen) atoms. The molecule has 0 spiro atoms. The van der Waals surface area contributed by atoms with Crippen molar-refractivity contribution in [3.05, 3.63) is 95.8 Å². The Morgan fingerprint density at radius 3 is 2.43 bits per heavy atom. The molecule has 0 saturated carbocycles. The number of aromatic nitrogens is 1. The Hall–Kier alpha value is -3.05. The smallest absolute Gasteiger partial charge is 0.241 e. The fraction of sp³-hybridized carbons (Fsp3) is 0.130. The number of nitrogens with zero attached hydrogens (tertiary/aromatic N) is 1. The van der Waals surface area contributed by atoms with Gasteiger partial charge < -0.3 is 10.5 Å². The van der Waals surface area contributed by atoms with E-state index in [4.69, 9.17) is 10.5 Å². The van der Waals surface area contributed by atoms with E-state index in [1.54, 1.807) is 17.8 Å². The van der Waals surface area contributed by atoms with Gasteiger partial charge in [-0.25, -0.2) is 4.98 Å². The summed E-state index contributed by atoms with van der Waals surface area (Å²) in [5, 5.41) is 0. The Balaban J connectivity index is 1.68. The molecule has 5 heteroatoms. The van der Waals surface area contributed by atoms with Crippen molar-refractivity contribution in [2.45, 2.75) is 17.1 Å². The van der Waals surface area contributed by atoms with Gasteiger partial charge in [-0.2, -0.15) is 0 Å². The second-order valence-electron chi connectivity index (χ2n) is 6.11. The quantitative estimate of drug-likeness (QED) is 0.432. The average molecular weight is 391 g/mol. The van der Waals surface area contributed by atoms with Crippen molar-refractivity contribution in [3.63, 3.8) is 0 Å². The monoisotopic (exact) mass is 390 g/mol. The van der Waals surface area contributed by atoms with Crippen molar-refractivity contribution in [2.24, 2.45) is 5.73 Å². The van der Waals surface area contributed by atoms with Crippen LogP contribution < -0.4 is 10.5 Å². The van der Waals surface area contributed by atoms with Gasteiger partial charge in [0.25, 0.3) is 0 Å². The lowest BCUT2D eigenvalue weighted by molar-refractivity contribution is -0.113. The Morgan fingerprint density at radius 2 is 1.71 bits per heavy atom. The highest BCUT2D eigenvalue weighted by atomic mass is 32.2. The third-order valence-electron chi connectivity index (χ3n) is 3.97. The molecule has 3 aromatic rings. The van der Waals surface area contributed by atoms with Crippen molar-refractivity contribution in [1.82, 2.24) is 4.98 Å².